The lowest BCUT2D eigenvalue weighted by Gasteiger charge is -2.38. The summed E-state index contributed by atoms with van der Waals surface area (Å²) in [7, 11) is 0. The van der Waals surface area contributed by atoms with Crippen LogP contribution in [0.15, 0.2) is 18.2 Å². The van der Waals surface area contributed by atoms with E-state index in [1.807, 2.05) is 19.1 Å². The number of nitrogens with two attached hydrogens (primary N) is 1. The van der Waals surface area contributed by atoms with Gasteiger partial charge in [-0.25, -0.2) is 0 Å². The van der Waals surface area contributed by atoms with E-state index in [1.54, 1.807) is 6.07 Å². The largest absolute Gasteiger partial charge is 0.381 e. The van der Waals surface area contributed by atoms with Crippen LogP contribution in [-0.4, -0.2) is 31.7 Å². The Kier molecular flexibility index (Phi) is 8.11. The first-order chi connectivity index (χ1) is 10.4. The smallest absolute Gasteiger partial charge is 0.221 e. The number of hydrogen-bond acceptors (Lipinski definition) is 3. The van der Waals surface area contributed by atoms with Crippen molar-refractivity contribution in [3.8, 4) is 0 Å². The van der Waals surface area contributed by atoms with Gasteiger partial charge in [0.2, 0.25) is 5.91 Å². The van der Waals surface area contributed by atoms with E-state index < -0.39 is 0 Å². The van der Waals surface area contributed by atoms with Crippen LogP contribution < -0.4 is 11.1 Å². The first-order valence-corrected chi connectivity index (χ1v) is 8.24. The molecular weight excluding hydrogens is 359 g/mol. The van der Waals surface area contributed by atoms with Gasteiger partial charge in [-0.3, -0.25) is 4.79 Å². The highest BCUT2D eigenvalue weighted by Gasteiger charge is 2.36. The fraction of sp³-hybridized carbons (Fsp3) is 0.562. The van der Waals surface area contributed by atoms with Gasteiger partial charge in [-0.1, -0.05) is 29.3 Å². The number of carbonyl (C=O) groups excluding carboxylic acids is 1. The normalized spacial score (nSPS) is 17.9. The lowest BCUT2D eigenvalue weighted by molar-refractivity contribution is -0.121. The molecule has 1 aromatic rings. The fourth-order valence-corrected chi connectivity index (χ4v) is 3.46. The molecule has 1 heterocycles. The molecular formula is C16H23Cl3N2O2. The number of halogens is 3. The van der Waals surface area contributed by atoms with Gasteiger partial charge in [0.1, 0.15) is 0 Å². The second-order valence-corrected chi connectivity index (χ2v) is 6.82. The zero-order valence-corrected chi connectivity index (χ0v) is 15.4. The highest BCUT2D eigenvalue weighted by Crippen LogP contribution is 2.39. The third kappa shape index (κ3) is 5.50. The highest BCUT2D eigenvalue weighted by molar-refractivity contribution is 6.35. The summed E-state index contributed by atoms with van der Waals surface area (Å²) in [4.78, 5) is 11.9. The molecule has 0 aliphatic carbocycles. The Morgan fingerprint density at radius 3 is 2.61 bits per heavy atom. The summed E-state index contributed by atoms with van der Waals surface area (Å²) in [5.41, 5.74) is 6.47. The summed E-state index contributed by atoms with van der Waals surface area (Å²) in [6, 6.07) is 5.39. The van der Waals surface area contributed by atoms with Crippen LogP contribution in [0.1, 0.15) is 31.7 Å². The van der Waals surface area contributed by atoms with E-state index in [2.05, 4.69) is 5.32 Å². The zero-order chi connectivity index (χ0) is 16.2. The average Bonchev–Trinajstić information content (AvgIpc) is 2.45. The number of rotatable bonds is 5. The molecule has 2 rings (SSSR count). The Bertz CT molecular complexity index is 532. The van der Waals surface area contributed by atoms with Gasteiger partial charge >= 0.3 is 0 Å². The Morgan fingerprint density at radius 1 is 1.39 bits per heavy atom. The molecule has 1 aliphatic heterocycles. The highest BCUT2D eigenvalue weighted by atomic mass is 35.5. The van der Waals surface area contributed by atoms with E-state index in [-0.39, 0.29) is 29.8 Å². The molecule has 1 unspecified atom stereocenters. The molecule has 7 heteroatoms. The summed E-state index contributed by atoms with van der Waals surface area (Å²) in [6.45, 7) is 3.66. The van der Waals surface area contributed by atoms with Crippen molar-refractivity contribution in [3.63, 3.8) is 0 Å². The molecule has 1 amide bonds. The Balaban J connectivity index is 0.00000264. The SMILES string of the molecule is CC(N)CC(=O)NCC1(c2ccc(Cl)cc2Cl)CCOCC1.Cl. The Hall–Kier alpha value is -0.520. The second-order valence-electron chi connectivity index (χ2n) is 5.98. The molecule has 3 N–H and O–H groups in total. The van der Waals surface area contributed by atoms with Crippen molar-refractivity contribution >= 4 is 41.5 Å². The van der Waals surface area contributed by atoms with Crippen LogP contribution in [0.4, 0.5) is 0 Å². The lowest BCUT2D eigenvalue weighted by atomic mass is 9.74. The third-order valence-corrected chi connectivity index (χ3v) is 4.63. The van der Waals surface area contributed by atoms with E-state index >= 15 is 0 Å². The minimum atomic E-state index is -0.215. The lowest BCUT2D eigenvalue weighted by Crippen LogP contribution is -2.45. The van der Waals surface area contributed by atoms with E-state index in [0.29, 0.717) is 36.2 Å². The van der Waals surface area contributed by atoms with Gasteiger partial charge in [0.25, 0.3) is 0 Å². The molecule has 0 bridgehead atoms. The third-order valence-electron chi connectivity index (χ3n) is 4.08. The summed E-state index contributed by atoms with van der Waals surface area (Å²) >= 11 is 12.4. The first kappa shape index (κ1) is 20.5. The molecule has 1 saturated heterocycles. The first-order valence-electron chi connectivity index (χ1n) is 7.48. The molecule has 1 atom stereocenters. The molecule has 4 nitrogen and oxygen atoms in total. The van der Waals surface area contributed by atoms with Gasteiger partial charge in [0.15, 0.2) is 0 Å². The van der Waals surface area contributed by atoms with Crippen molar-refractivity contribution in [3.05, 3.63) is 33.8 Å². The maximum atomic E-state index is 11.9. The Morgan fingerprint density at radius 2 is 2.04 bits per heavy atom. The maximum absolute atomic E-state index is 11.9. The number of ether oxygens (including phenoxy) is 1. The van der Waals surface area contributed by atoms with Gasteiger partial charge in [0.05, 0.1) is 0 Å². The van der Waals surface area contributed by atoms with Gasteiger partial charge in [-0.2, -0.15) is 0 Å². The monoisotopic (exact) mass is 380 g/mol. The Labute approximate surface area is 153 Å². The van der Waals surface area contributed by atoms with Crippen molar-refractivity contribution in [2.24, 2.45) is 5.73 Å². The molecule has 1 aliphatic rings. The molecule has 0 saturated carbocycles. The standard InChI is InChI=1S/C16H22Cl2N2O2.ClH/c1-11(19)8-15(21)20-10-16(4-6-22-7-5-16)13-3-2-12(17)9-14(13)18;/h2-3,9,11H,4-8,10,19H2,1H3,(H,20,21);1H. The minimum absolute atomic E-state index is 0. The van der Waals surface area contributed by atoms with Crippen LogP contribution in [0.25, 0.3) is 0 Å². The van der Waals surface area contributed by atoms with Crippen LogP contribution in [0.2, 0.25) is 10.0 Å². The summed E-state index contributed by atoms with van der Waals surface area (Å²) in [5.74, 6) is -0.0362. The maximum Gasteiger partial charge on any atom is 0.221 e. The number of nitrogens with one attached hydrogen (secondary N) is 1. The second kappa shape index (κ2) is 9.09. The number of benzene rings is 1. The predicted molar refractivity (Wildman–Crippen MR) is 96.7 cm³/mol. The van der Waals surface area contributed by atoms with Gasteiger partial charge in [-0.05, 0) is 37.5 Å². The van der Waals surface area contributed by atoms with Gasteiger partial charge < -0.3 is 15.8 Å². The fourth-order valence-electron chi connectivity index (χ4n) is 2.86. The number of amides is 1. The van der Waals surface area contributed by atoms with E-state index in [1.165, 1.54) is 0 Å². The van der Waals surface area contributed by atoms with Crippen LogP contribution in [0.3, 0.4) is 0 Å². The molecule has 1 aromatic carbocycles. The summed E-state index contributed by atoms with van der Waals surface area (Å²) in [6.07, 6.45) is 1.94. The van der Waals surface area contributed by atoms with Gasteiger partial charge in [-0.15, -0.1) is 12.4 Å². The number of carbonyl (C=O) groups is 1. The molecule has 0 aromatic heterocycles. The summed E-state index contributed by atoms with van der Waals surface area (Å²) < 4.78 is 5.48. The molecule has 0 spiro atoms. The molecule has 1 fully saturated rings. The quantitative estimate of drug-likeness (QED) is 0.822. The molecule has 130 valence electrons. The van der Waals surface area contributed by atoms with Crippen LogP contribution in [0, 0.1) is 0 Å². The molecule has 23 heavy (non-hydrogen) atoms. The van der Waals surface area contributed by atoms with Crippen molar-refractivity contribution in [1.82, 2.24) is 5.32 Å². The van der Waals surface area contributed by atoms with Crippen LogP contribution >= 0.6 is 35.6 Å². The van der Waals surface area contributed by atoms with Crippen molar-refractivity contribution < 1.29 is 9.53 Å². The summed E-state index contributed by atoms with van der Waals surface area (Å²) in [5, 5.41) is 4.24. The predicted octanol–water partition coefficient (Wildman–Crippen LogP) is 3.32. The number of hydrogen-bond donors (Lipinski definition) is 2. The van der Waals surface area contributed by atoms with E-state index in [4.69, 9.17) is 33.7 Å². The minimum Gasteiger partial charge on any atom is -0.381 e. The van der Waals surface area contributed by atoms with Crippen molar-refractivity contribution in [2.75, 3.05) is 19.8 Å². The topological polar surface area (TPSA) is 64.4 Å². The van der Waals surface area contributed by atoms with Crippen molar-refractivity contribution in [1.29, 1.82) is 0 Å². The van der Waals surface area contributed by atoms with E-state index in [9.17, 15) is 4.79 Å². The van der Waals surface area contributed by atoms with Gasteiger partial charge in [0, 0.05) is 47.7 Å². The van der Waals surface area contributed by atoms with Crippen molar-refractivity contribution in [2.45, 2.75) is 37.6 Å². The van der Waals surface area contributed by atoms with Crippen LogP contribution in [0.5, 0.6) is 0 Å². The van der Waals surface area contributed by atoms with Crippen LogP contribution in [-0.2, 0) is 14.9 Å². The van der Waals surface area contributed by atoms with E-state index in [0.717, 1.165) is 18.4 Å². The molecule has 0 radical (unpaired) electrons. The zero-order valence-electron chi connectivity index (χ0n) is 13.1. The average molecular weight is 382 g/mol.